The third-order valence-corrected chi connectivity index (χ3v) is 5.27. The van der Waals surface area contributed by atoms with Crippen LogP contribution in [0.2, 0.25) is 0 Å². The van der Waals surface area contributed by atoms with E-state index in [0.29, 0.717) is 11.8 Å². The molecule has 23 heavy (non-hydrogen) atoms. The van der Waals surface area contributed by atoms with Crippen molar-refractivity contribution in [2.75, 3.05) is 12.3 Å². The summed E-state index contributed by atoms with van der Waals surface area (Å²) in [6.45, 7) is 5.08. The molecule has 2 heterocycles. The number of amides is 1. The largest absolute Gasteiger partial charge is 0.339 e. The quantitative estimate of drug-likeness (QED) is 0.809. The van der Waals surface area contributed by atoms with E-state index in [2.05, 4.69) is 30.1 Å². The molecule has 0 radical (unpaired) electrons. The normalized spacial score (nSPS) is 18.2. The third-order valence-electron chi connectivity index (χ3n) is 4.34. The number of benzene rings is 1. The van der Waals surface area contributed by atoms with Gasteiger partial charge in [-0.3, -0.25) is 9.36 Å². The molecular weight excluding hydrogens is 308 g/mol. The monoisotopic (exact) mass is 330 g/mol. The zero-order valence-electron chi connectivity index (χ0n) is 13.6. The van der Waals surface area contributed by atoms with Crippen LogP contribution in [0.1, 0.15) is 31.7 Å². The van der Waals surface area contributed by atoms with Crippen LogP contribution in [0, 0.1) is 6.92 Å². The number of carbonyl (C=O) groups excluding carboxylic acids is 1. The molecule has 1 aromatic carbocycles. The van der Waals surface area contributed by atoms with Gasteiger partial charge in [-0.1, -0.05) is 30.0 Å². The zero-order valence-corrected chi connectivity index (χ0v) is 14.4. The summed E-state index contributed by atoms with van der Waals surface area (Å²) in [4.78, 5) is 14.5. The maximum absolute atomic E-state index is 12.5. The lowest BCUT2D eigenvalue weighted by atomic mass is 10.0. The SMILES string of the molecule is Cc1ccccc1-n1cnnc1SCC(=O)N1CCCC[C@@H]1C. The molecule has 6 heteroatoms. The van der Waals surface area contributed by atoms with Gasteiger partial charge in [0.15, 0.2) is 5.16 Å². The lowest BCUT2D eigenvalue weighted by Gasteiger charge is -2.33. The second kappa shape index (κ2) is 7.17. The maximum atomic E-state index is 12.5. The zero-order chi connectivity index (χ0) is 16.2. The number of piperidine rings is 1. The Balaban J connectivity index is 1.69. The third kappa shape index (κ3) is 3.58. The number of rotatable bonds is 4. The van der Waals surface area contributed by atoms with Gasteiger partial charge in [0.2, 0.25) is 5.91 Å². The number of aromatic nitrogens is 3. The van der Waals surface area contributed by atoms with Crippen LogP contribution in [0.5, 0.6) is 0 Å². The summed E-state index contributed by atoms with van der Waals surface area (Å²) in [5.74, 6) is 0.607. The van der Waals surface area contributed by atoms with Gasteiger partial charge in [-0.2, -0.15) is 0 Å². The Morgan fingerprint density at radius 2 is 2.17 bits per heavy atom. The molecule has 0 aliphatic carbocycles. The first kappa shape index (κ1) is 16.1. The molecule has 0 unspecified atom stereocenters. The smallest absolute Gasteiger partial charge is 0.233 e. The second-order valence-electron chi connectivity index (χ2n) is 5.99. The summed E-state index contributed by atoms with van der Waals surface area (Å²) in [6, 6.07) is 8.46. The van der Waals surface area contributed by atoms with E-state index >= 15 is 0 Å². The Hall–Kier alpha value is -1.82. The fourth-order valence-electron chi connectivity index (χ4n) is 3.00. The van der Waals surface area contributed by atoms with Crippen LogP contribution in [0.4, 0.5) is 0 Å². The van der Waals surface area contributed by atoms with Crippen molar-refractivity contribution in [3.8, 4) is 5.69 Å². The van der Waals surface area contributed by atoms with Crippen molar-refractivity contribution in [1.29, 1.82) is 0 Å². The highest BCUT2D eigenvalue weighted by molar-refractivity contribution is 7.99. The van der Waals surface area contributed by atoms with Crippen molar-refractivity contribution in [2.24, 2.45) is 0 Å². The first-order valence-corrected chi connectivity index (χ1v) is 9.03. The number of nitrogens with zero attached hydrogens (tertiary/aromatic N) is 4. The Morgan fingerprint density at radius 3 is 2.96 bits per heavy atom. The van der Waals surface area contributed by atoms with Gasteiger partial charge in [0.1, 0.15) is 6.33 Å². The summed E-state index contributed by atoms with van der Waals surface area (Å²) in [7, 11) is 0. The Bertz CT molecular complexity index is 685. The molecule has 1 saturated heterocycles. The molecule has 0 bridgehead atoms. The fraction of sp³-hybridized carbons (Fsp3) is 0.471. The van der Waals surface area contributed by atoms with E-state index in [1.54, 1.807) is 6.33 Å². The number of hydrogen-bond acceptors (Lipinski definition) is 4. The summed E-state index contributed by atoms with van der Waals surface area (Å²) in [5, 5.41) is 8.95. The van der Waals surface area contributed by atoms with E-state index in [-0.39, 0.29) is 5.91 Å². The molecular formula is C17H22N4OS. The molecule has 1 atom stereocenters. The van der Waals surface area contributed by atoms with Crippen molar-refractivity contribution < 1.29 is 4.79 Å². The molecule has 0 spiro atoms. The van der Waals surface area contributed by atoms with Crippen LogP contribution < -0.4 is 0 Å². The molecule has 0 saturated carbocycles. The molecule has 1 amide bonds. The van der Waals surface area contributed by atoms with Crippen LogP contribution in [0.25, 0.3) is 5.69 Å². The number of para-hydroxylation sites is 1. The van der Waals surface area contributed by atoms with Crippen molar-refractivity contribution in [3.63, 3.8) is 0 Å². The summed E-state index contributed by atoms with van der Waals surface area (Å²) in [6.07, 6.45) is 5.15. The topological polar surface area (TPSA) is 51.0 Å². The van der Waals surface area contributed by atoms with Crippen LogP contribution in [0.3, 0.4) is 0 Å². The molecule has 2 aromatic rings. The Labute approximate surface area is 141 Å². The Morgan fingerprint density at radius 1 is 1.35 bits per heavy atom. The highest BCUT2D eigenvalue weighted by atomic mass is 32.2. The minimum Gasteiger partial charge on any atom is -0.339 e. The van der Waals surface area contributed by atoms with Gasteiger partial charge in [0.05, 0.1) is 11.4 Å². The minimum atomic E-state index is 0.196. The molecule has 3 rings (SSSR count). The highest BCUT2D eigenvalue weighted by Crippen LogP contribution is 2.23. The van der Waals surface area contributed by atoms with Crippen LogP contribution in [-0.4, -0.2) is 43.9 Å². The van der Waals surface area contributed by atoms with Crippen LogP contribution in [0.15, 0.2) is 35.7 Å². The molecule has 0 N–H and O–H groups in total. The van der Waals surface area contributed by atoms with Gasteiger partial charge in [-0.15, -0.1) is 10.2 Å². The minimum absolute atomic E-state index is 0.196. The molecule has 1 aliphatic rings. The summed E-state index contributed by atoms with van der Waals surface area (Å²) >= 11 is 1.46. The predicted molar refractivity (Wildman–Crippen MR) is 91.8 cm³/mol. The van der Waals surface area contributed by atoms with E-state index in [1.165, 1.54) is 18.2 Å². The predicted octanol–water partition coefficient (Wildman–Crippen LogP) is 3.07. The number of likely N-dealkylation sites (tertiary alicyclic amines) is 1. The van der Waals surface area contributed by atoms with E-state index in [9.17, 15) is 4.79 Å². The standard InChI is InChI=1S/C17H22N4OS/c1-13-7-3-4-9-15(13)21-12-18-19-17(21)23-11-16(22)20-10-6-5-8-14(20)2/h3-4,7,9,12,14H,5-6,8,10-11H2,1-2H3/t14-/m0/s1. The van der Waals surface area contributed by atoms with E-state index in [0.717, 1.165) is 35.8 Å². The van der Waals surface area contributed by atoms with Crippen molar-refractivity contribution in [1.82, 2.24) is 19.7 Å². The second-order valence-corrected chi connectivity index (χ2v) is 6.93. The lowest BCUT2D eigenvalue weighted by molar-refractivity contribution is -0.131. The molecule has 1 aromatic heterocycles. The number of carbonyl (C=O) groups is 1. The van der Waals surface area contributed by atoms with Gasteiger partial charge in [0.25, 0.3) is 0 Å². The first-order valence-electron chi connectivity index (χ1n) is 8.05. The van der Waals surface area contributed by atoms with Gasteiger partial charge in [-0.25, -0.2) is 0 Å². The molecule has 122 valence electrons. The molecule has 5 nitrogen and oxygen atoms in total. The van der Waals surface area contributed by atoms with E-state index < -0.39 is 0 Å². The highest BCUT2D eigenvalue weighted by Gasteiger charge is 2.23. The molecule has 1 aliphatic heterocycles. The van der Waals surface area contributed by atoms with Crippen molar-refractivity contribution >= 4 is 17.7 Å². The fourth-order valence-corrected chi connectivity index (χ4v) is 3.81. The van der Waals surface area contributed by atoms with Gasteiger partial charge >= 0.3 is 0 Å². The van der Waals surface area contributed by atoms with Gasteiger partial charge in [0, 0.05) is 12.6 Å². The van der Waals surface area contributed by atoms with E-state index in [1.807, 2.05) is 27.7 Å². The van der Waals surface area contributed by atoms with Crippen LogP contribution >= 0.6 is 11.8 Å². The number of aryl methyl sites for hydroxylation is 1. The van der Waals surface area contributed by atoms with Crippen LogP contribution in [-0.2, 0) is 4.79 Å². The molecule has 1 fully saturated rings. The summed E-state index contributed by atoms with van der Waals surface area (Å²) in [5.41, 5.74) is 2.21. The van der Waals surface area contributed by atoms with E-state index in [4.69, 9.17) is 0 Å². The first-order chi connectivity index (χ1) is 11.2. The number of hydrogen-bond donors (Lipinski definition) is 0. The summed E-state index contributed by atoms with van der Waals surface area (Å²) < 4.78 is 1.95. The van der Waals surface area contributed by atoms with Gasteiger partial charge in [-0.05, 0) is 44.7 Å². The lowest BCUT2D eigenvalue weighted by Crippen LogP contribution is -2.42. The number of thioether (sulfide) groups is 1. The van der Waals surface area contributed by atoms with Gasteiger partial charge < -0.3 is 4.90 Å². The average molecular weight is 330 g/mol. The van der Waals surface area contributed by atoms with Crippen molar-refractivity contribution in [2.45, 2.75) is 44.3 Å². The maximum Gasteiger partial charge on any atom is 0.233 e. The Kier molecular flexibility index (Phi) is 5.00. The average Bonchev–Trinajstić information content (AvgIpc) is 3.02. The van der Waals surface area contributed by atoms with Crippen molar-refractivity contribution in [3.05, 3.63) is 36.2 Å².